The lowest BCUT2D eigenvalue weighted by Crippen LogP contribution is -2.54. The molecule has 0 saturated heterocycles. The van der Waals surface area contributed by atoms with Gasteiger partial charge in [-0.2, -0.15) is 0 Å². The van der Waals surface area contributed by atoms with Crippen molar-refractivity contribution in [3.8, 4) is 11.4 Å². The number of benzene rings is 1. The third-order valence-corrected chi connectivity index (χ3v) is 10.2. The van der Waals surface area contributed by atoms with Crippen molar-refractivity contribution in [3.63, 3.8) is 0 Å². The van der Waals surface area contributed by atoms with Crippen LogP contribution in [0.1, 0.15) is 84.9 Å². The van der Waals surface area contributed by atoms with Crippen LogP contribution in [-0.4, -0.2) is 51.1 Å². The molecule has 0 bridgehead atoms. The van der Waals surface area contributed by atoms with Gasteiger partial charge < -0.3 is 30.2 Å². The Morgan fingerprint density at radius 1 is 1.24 bits per heavy atom. The number of ether oxygens (including phenoxy) is 2. The Morgan fingerprint density at radius 2 is 2.02 bits per heavy atom. The number of rotatable bonds is 8. The van der Waals surface area contributed by atoms with E-state index in [9.17, 15) is 24.3 Å². The van der Waals surface area contributed by atoms with Gasteiger partial charge in [0.2, 0.25) is 0 Å². The Bertz CT molecular complexity index is 1880. The number of fused-ring (bicyclic) bond motifs is 5. The van der Waals surface area contributed by atoms with Crippen molar-refractivity contribution < 1.29 is 33.4 Å². The number of ketones is 1. The summed E-state index contributed by atoms with van der Waals surface area (Å²) in [6, 6.07) is 2.53. The Morgan fingerprint density at radius 3 is 2.71 bits per heavy atom. The van der Waals surface area contributed by atoms with Crippen LogP contribution in [0.4, 0.5) is 4.39 Å². The number of aryl methyl sites for hydroxylation is 1. The van der Waals surface area contributed by atoms with E-state index in [0.29, 0.717) is 48.2 Å². The zero-order valence-corrected chi connectivity index (χ0v) is 25.3. The highest BCUT2D eigenvalue weighted by atomic mass is 19.1. The highest BCUT2D eigenvalue weighted by molar-refractivity contribution is 5.94. The number of cyclic esters (lactones) is 1. The molecule has 4 aliphatic rings. The summed E-state index contributed by atoms with van der Waals surface area (Å²) in [5.41, 5.74) is 6.51. The first kappa shape index (κ1) is 29.7. The number of aliphatic hydroxyl groups is 1. The summed E-state index contributed by atoms with van der Waals surface area (Å²) in [6.07, 6.45) is 3.03. The number of hydrogen-bond donors (Lipinski definition) is 3. The van der Waals surface area contributed by atoms with Gasteiger partial charge in [-0.05, 0) is 68.2 Å². The van der Waals surface area contributed by atoms with Crippen LogP contribution in [-0.2, 0) is 49.0 Å². The van der Waals surface area contributed by atoms with E-state index in [1.165, 1.54) is 6.07 Å². The SMILES string of the molecule is CC[C@@]1(O)C(=O)OCc2c1cc1n(c2=O)Cc2c-1nc1cc(F)c(C)c3c1c2[C@@H](NC(=O)C1(OCCC(=O)CN)CCC1)CC3. The molecule has 2 aliphatic carbocycles. The molecule has 3 aromatic rings. The van der Waals surface area contributed by atoms with E-state index in [1.54, 1.807) is 24.5 Å². The summed E-state index contributed by atoms with van der Waals surface area (Å²) in [4.78, 5) is 56.9. The van der Waals surface area contributed by atoms with Gasteiger partial charge in [0.25, 0.3) is 11.5 Å². The topological polar surface area (TPSA) is 163 Å². The summed E-state index contributed by atoms with van der Waals surface area (Å²) in [7, 11) is 0. The van der Waals surface area contributed by atoms with Crippen molar-refractivity contribution in [1.29, 1.82) is 0 Å². The number of Topliss-reactive ketones (excluding diaryl/α,β-unsaturated/α-hetero) is 1. The van der Waals surface area contributed by atoms with E-state index in [0.717, 1.165) is 28.5 Å². The number of esters is 1. The Labute approximate surface area is 257 Å². The molecular weight excluding hydrogens is 583 g/mol. The maximum Gasteiger partial charge on any atom is 0.343 e. The number of aromatic nitrogens is 2. The molecule has 12 heteroatoms. The van der Waals surface area contributed by atoms with Gasteiger partial charge in [-0.25, -0.2) is 14.2 Å². The number of nitrogens with zero attached hydrogens (tertiary/aromatic N) is 2. The molecule has 1 fully saturated rings. The van der Waals surface area contributed by atoms with Crippen LogP contribution in [0.5, 0.6) is 0 Å². The number of carbonyl (C=O) groups is 3. The van der Waals surface area contributed by atoms with Crippen molar-refractivity contribution in [1.82, 2.24) is 14.9 Å². The molecule has 0 spiro atoms. The predicted molar refractivity (Wildman–Crippen MR) is 160 cm³/mol. The molecule has 7 rings (SSSR count). The molecule has 1 saturated carbocycles. The predicted octanol–water partition coefficient (Wildman–Crippen LogP) is 2.49. The highest BCUT2D eigenvalue weighted by Gasteiger charge is 2.48. The molecule has 4 heterocycles. The second-order valence-electron chi connectivity index (χ2n) is 12.6. The largest absolute Gasteiger partial charge is 0.458 e. The molecule has 11 nitrogen and oxygen atoms in total. The fourth-order valence-electron chi connectivity index (χ4n) is 7.39. The number of pyridine rings is 2. The smallest absolute Gasteiger partial charge is 0.343 e. The lowest BCUT2D eigenvalue weighted by atomic mass is 9.77. The van der Waals surface area contributed by atoms with Gasteiger partial charge in [0.15, 0.2) is 5.60 Å². The number of carbonyl (C=O) groups excluding carboxylic acids is 3. The molecule has 0 radical (unpaired) electrons. The van der Waals surface area contributed by atoms with Crippen LogP contribution >= 0.6 is 0 Å². The molecule has 0 unspecified atom stereocenters. The Balaban J connectivity index is 1.35. The van der Waals surface area contributed by atoms with E-state index in [4.69, 9.17) is 20.2 Å². The maximum atomic E-state index is 15.2. The van der Waals surface area contributed by atoms with Gasteiger partial charge in [-0.1, -0.05) is 6.92 Å². The first-order valence-electron chi connectivity index (χ1n) is 15.5. The fourth-order valence-corrected chi connectivity index (χ4v) is 7.39. The number of nitrogens with one attached hydrogen (secondary N) is 1. The Kier molecular flexibility index (Phi) is 6.95. The minimum absolute atomic E-state index is 0.0111. The molecule has 45 heavy (non-hydrogen) atoms. The highest BCUT2D eigenvalue weighted by Crippen LogP contribution is 2.46. The molecule has 2 aromatic heterocycles. The van der Waals surface area contributed by atoms with Crippen LogP contribution in [0.25, 0.3) is 22.3 Å². The lowest BCUT2D eigenvalue weighted by molar-refractivity contribution is -0.172. The quantitative estimate of drug-likeness (QED) is 0.252. The van der Waals surface area contributed by atoms with Crippen LogP contribution in [0.2, 0.25) is 0 Å². The van der Waals surface area contributed by atoms with Gasteiger partial charge in [0, 0.05) is 29.0 Å². The summed E-state index contributed by atoms with van der Waals surface area (Å²) >= 11 is 0. The van der Waals surface area contributed by atoms with Gasteiger partial charge in [-0.3, -0.25) is 14.4 Å². The minimum atomic E-state index is -1.98. The van der Waals surface area contributed by atoms with Crippen molar-refractivity contribution in [2.75, 3.05) is 13.2 Å². The summed E-state index contributed by atoms with van der Waals surface area (Å²) in [5, 5.41) is 15.2. The number of amides is 1. The van der Waals surface area contributed by atoms with Gasteiger partial charge in [0.05, 0.1) is 48.2 Å². The first-order chi connectivity index (χ1) is 21.5. The molecule has 1 amide bonds. The second kappa shape index (κ2) is 10.5. The first-order valence-corrected chi connectivity index (χ1v) is 15.5. The zero-order valence-electron chi connectivity index (χ0n) is 25.3. The third kappa shape index (κ3) is 4.29. The molecule has 236 valence electrons. The number of nitrogens with two attached hydrogens (primary N) is 1. The zero-order chi connectivity index (χ0) is 31.8. The summed E-state index contributed by atoms with van der Waals surface area (Å²) in [5.74, 6) is -1.62. The van der Waals surface area contributed by atoms with E-state index < -0.39 is 34.6 Å². The van der Waals surface area contributed by atoms with E-state index >= 15 is 4.39 Å². The normalized spacial score (nSPS) is 22.2. The Hall–Kier alpha value is -4.00. The van der Waals surface area contributed by atoms with Crippen molar-refractivity contribution in [2.24, 2.45) is 5.73 Å². The van der Waals surface area contributed by atoms with Gasteiger partial charge >= 0.3 is 5.97 Å². The molecule has 2 aliphatic heterocycles. The van der Waals surface area contributed by atoms with Crippen LogP contribution in [0.15, 0.2) is 16.9 Å². The molecule has 1 aromatic carbocycles. The van der Waals surface area contributed by atoms with Crippen molar-refractivity contribution in [2.45, 2.75) is 89.2 Å². The average Bonchev–Trinajstić information content (AvgIpc) is 3.38. The minimum Gasteiger partial charge on any atom is -0.458 e. The van der Waals surface area contributed by atoms with E-state index in [1.807, 2.05) is 0 Å². The molecular formula is C33H35FN4O7. The summed E-state index contributed by atoms with van der Waals surface area (Å²) < 4.78 is 28.0. The molecule has 2 atom stereocenters. The number of hydrogen-bond acceptors (Lipinski definition) is 9. The summed E-state index contributed by atoms with van der Waals surface area (Å²) in [6.45, 7) is 3.29. The van der Waals surface area contributed by atoms with Crippen LogP contribution in [0.3, 0.4) is 0 Å². The van der Waals surface area contributed by atoms with Crippen LogP contribution in [0, 0.1) is 12.7 Å². The average molecular weight is 619 g/mol. The fraction of sp³-hybridized carbons (Fsp3) is 0.485. The standard InChI is InChI=1S/C33H35FN4O7/c1-3-33(43)21-11-25-28-19(14-38(25)29(40)20(21)15-44-31(33)42)27-23(6-5-18-16(2)22(34)12-24(36-28)26(18)27)37-30(41)32(8-4-9-32)45-10-7-17(39)13-35/h11-12,23,43H,3-10,13-15,35H2,1-2H3,(H,37,41)/t23-,33-/m0/s1. The van der Waals surface area contributed by atoms with Crippen molar-refractivity contribution >= 4 is 28.6 Å². The maximum absolute atomic E-state index is 15.2. The van der Waals surface area contributed by atoms with Crippen LogP contribution < -0.4 is 16.6 Å². The number of halogens is 1. The lowest BCUT2D eigenvalue weighted by Gasteiger charge is -2.41. The van der Waals surface area contributed by atoms with E-state index in [-0.39, 0.29) is 62.0 Å². The van der Waals surface area contributed by atoms with Gasteiger partial charge in [0.1, 0.15) is 23.8 Å². The molecule has 4 N–H and O–H groups in total. The van der Waals surface area contributed by atoms with Crippen molar-refractivity contribution in [3.05, 3.63) is 61.7 Å². The monoisotopic (exact) mass is 618 g/mol. The third-order valence-electron chi connectivity index (χ3n) is 10.2. The van der Waals surface area contributed by atoms with E-state index in [2.05, 4.69) is 5.32 Å². The second-order valence-corrected chi connectivity index (χ2v) is 12.6. The van der Waals surface area contributed by atoms with Gasteiger partial charge in [-0.15, -0.1) is 0 Å².